The summed E-state index contributed by atoms with van der Waals surface area (Å²) in [6.45, 7) is 3.66. The predicted molar refractivity (Wildman–Crippen MR) is 101 cm³/mol. The number of hydrogen-bond acceptors (Lipinski definition) is 6. The normalized spacial score (nSPS) is 18.8. The molecule has 1 aromatic heterocycles. The average molecular weight is 396 g/mol. The minimum Gasteiger partial charge on any atom is -0.451 e. The van der Waals surface area contributed by atoms with Crippen LogP contribution in [0.25, 0.3) is 10.1 Å². The molecule has 0 N–H and O–H groups in total. The second kappa shape index (κ2) is 7.36. The topological polar surface area (TPSA) is 80.8 Å². The molecule has 1 atom stereocenters. The summed E-state index contributed by atoms with van der Waals surface area (Å²) in [6, 6.07) is 7.38. The zero-order chi connectivity index (χ0) is 18.9. The Morgan fingerprint density at radius 1 is 1.31 bits per heavy atom. The van der Waals surface area contributed by atoms with Gasteiger partial charge in [-0.05, 0) is 37.3 Å². The van der Waals surface area contributed by atoms with Crippen molar-refractivity contribution in [1.82, 2.24) is 4.90 Å². The van der Waals surface area contributed by atoms with E-state index in [0.29, 0.717) is 17.8 Å². The molecule has 1 aliphatic rings. The number of likely N-dealkylation sites (N-methyl/N-ethyl adjacent to an activating group) is 1. The van der Waals surface area contributed by atoms with Crippen molar-refractivity contribution in [1.29, 1.82) is 0 Å². The highest BCUT2D eigenvalue weighted by Crippen LogP contribution is 2.31. The number of hydrogen-bond donors (Lipinski definition) is 0. The fourth-order valence-corrected chi connectivity index (χ4v) is 6.14. The van der Waals surface area contributed by atoms with Crippen molar-refractivity contribution in [3.05, 3.63) is 34.7 Å². The number of rotatable bonds is 5. The second-order valence-electron chi connectivity index (χ2n) is 6.37. The lowest BCUT2D eigenvalue weighted by Gasteiger charge is -2.26. The maximum Gasteiger partial charge on any atom is 0.349 e. The van der Waals surface area contributed by atoms with Crippen LogP contribution < -0.4 is 0 Å². The third kappa shape index (κ3) is 3.76. The molecule has 0 spiro atoms. The maximum absolute atomic E-state index is 12.4. The number of sulfone groups is 1. The van der Waals surface area contributed by atoms with Crippen LogP contribution in [0.2, 0.25) is 0 Å². The van der Waals surface area contributed by atoms with Gasteiger partial charge in [0, 0.05) is 17.3 Å². The molecule has 6 nitrogen and oxygen atoms in total. The smallest absolute Gasteiger partial charge is 0.349 e. The monoisotopic (exact) mass is 395 g/mol. The van der Waals surface area contributed by atoms with Gasteiger partial charge in [0.1, 0.15) is 4.88 Å². The lowest BCUT2D eigenvalue weighted by atomic mass is 10.1. The van der Waals surface area contributed by atoms with Gasteiger partial charge in [-0.15, -0.1) is 11.3 Å². The highest BCUT2D eigenvalue weighted by molar-refractivity contribution is 7.91. The Bertz CT molecular complexity index is 948. The van der Waals surface area contributed by atoms with Crippen LogP contribution in [0.1, 0.15) is 28.6 Å². The molecule has 8 heteroatoms. The molecule has 1 saturated heterocycles. The number of amides is 1. The van der Waals surface area contributed by atoms with Crippen molar-refractivity contribution in [3.8, 4) is 0 Å². The lowest BCUT2D eigenvalue weighted by molar-refractivity contribution is -0.136. The van der Waals surface area contributed by atoms with Crippen molar-refractivity contribution >= 4 is 43.1 Å². The first-order valence-corrected chi connectivity index (χ1v) is 11.1. The van der Waals surface area contributed by atoms with E-state index < -0.39 is 15.8 Å². The van der Waals surface area contributed by atoms with Crippen LogP contribution in [0, 0.1) is 6.92 Å². The number of thiophene rings is 1. The van der Waals surface area contributed by atoms with Crippen LogP contribution in [0.15, 0.2) is 24.3 Å². The zero-order valence-corrected chi connectivity index (χ0v) is 16.4. The van der Waals surface area contributed by atoms with Gasteiger partial charge >= 0.3 is 5.97 Å². The molecule has 0 aliphatic carbocycles. The first-order chi connectivity index (χ1) is 12.3. The predicted octanol–water partition coefficient (Wildman–Crippen LogP) is 2.40. The summed E-state index contributed by atoms with van der Waals surface area (Å²) in [7, 11) is -3.08. The van der Waals surface area contributed by atoms with Gasteiger partial charge in [-0.2, -0.15) is 0 Å². The van der Waals surface area contributed by atoms with Crippen LogP contribution in [-0.2, 0) is 19.4 Å². The number of benzene rings is 1. The molecule has 3 rings (SSSR count). The van der Waals surface area contributed by atoms with E-state index in [4.69, 9.17) is 4.74 Å². The van der Waals surface area contributed by atoms with E-state index in [1.807, 2.05) is 31.2 Å². The van der Waals surface area contributed by atoms with Crippen molar-refractivity contribution in [2.24, 2.45) is 0 Å². The number of fused-ring (bicyclic) bond motifs is 1. The van der Waals surface area contributed by atoms with Crippen LogP contribution in [0.3, 0.4) is 0 Å². The van der Waals surface area contributed by atoms with E-state index in [9.17, 15) is 18.0 Å². The number of esters is 1. The largest absolute Gasteiger partial charge is 0.451 e. The molecule has 1 amide bonds. The molecule has 1 aliphatic heterocycles. The van der Waals surface area contributed by atoms with Crippen LogP contribution in [0.4, 0.5) is 0 Å². The minimum atomic E-state index is -3.08. The van der Waals surface area contributed by atoms with Gasteiger partial charge < -0.3 is 9.64 Å². The Hall–Kier alpha value is -1.93. The standard InChI is InChI=1S/C18H21NO5S2/c1-3-19(13-8-9-26(22,23)11-13)16(20)10-24-18(21)17-12(2)14-6-4-5-7-15(14)25-17/h4-7,13H,3,8-11H2,1-2H3/t13-/m0/s1. The molecule has 1 aromatic carbocycles. The van der Waals surface area contributed by atoms with Crippen molar-refractivity contribution < 1.29 is 22.7 Å². The Labute approximate surface area is 156 Å². The highest BCUT2D eigenvalue weighted by Gasteiger charge is 2.34. The molecule has 0 saturated carbocycles. The molecular weight excluding hydrogens is 374 g/mol. The highest BCUT2D eigenvalue weighted by atomic mass is 32.2. The van der Waals surface area contributed by atoms with Crippen molar-refractivity contribution in [2.45, 2.75) is 26.3 Å². The molecule has 0 bridgehead atoms. The second-order valence-corrected chi connectivity index (χ2v) is 9.65. The molecule has 26 heavy (non-hydrogen) atoms. The van der Waals surface area contributed by atoms with E-state index in [1.165, 1.54) is 16.2 Å². The summed E-state index contributed by atoms with van der Waals surface area (Å²) in [5.41, 5.74) is 0.845. The summed E-state index contributed by atoms with van der Waals surface area (Å²) in [4.78, 5) is 26.8. The van der Waals surface area contributed by atoms with Gasteiger partial charge in [-0.25, -0.2) is 13.2 Å². The Kier molecular flexibility index (Phi) is 5.34. The molecule has 0 unspecified atom stereocenters. The molecule has 1 fully saturated rings. The van der Waals surface area contributed by atoms with Gasteiger partial charge in [-0.1, -0.05) is 18.2 Å². The zero-order valence-electron chi connectivity index (χ0n) is 14.7. The number of carbonyl (C=O) groups excluding carboxylic acids is 2. The maximum atomic E-state index is 12.4. The molecular formula is C18H21NO5S2. The SMILES string of the molecule is CCN(C(=O)COC(=O)c1sc2ccccc2c1C)[C@H]1CCS(=O)(=O)C1. The number of aryl methyl sites for hydroxylation is 1. The van der Waals surface area contributed by atoms with E-state index in [0.717, 1.165) is 15.6 Å². The lowest BCUT2D eigenvalue weighted by Crippen LogP contribution is -2.43. The molecule has 2 heterocycles. The van der Waals surface area contributed by atoms with Gasteiger partial charge in [0.25, 0.3) is 5.91 Å². The first kappa shape index (κ1) is 18.8. The third-order valence-electron chi connectivity index (χ3n) is 4.67. The first-order valence-electron chi connectivity index (χ1n) is 8.47. The van der Waals surface area contributed by atoms with Gasteiger partial charge in [0.2, 0.25) is 0 Å². The quantitative estimate of drug-likeness (QED) is 0.726. The van der Waals surface area contributed by atoms with Crippen molar-refractivity contribution in [2.75, 3.05) is 24.7 Å². The third-order valence-corrected chi connectivity index (χ3v) is 7.67. The summed E-state index contributed by atoms with van der Waals surface area (Å²) in [5, 5.41) is 1.00. The van der Waals surface area contributed by atoms with E-state index in [-0.39, 0.29) is 30.1 Å². The summed E-state index contributed by atoms with van der Waals surface area (Å²) in [6.07, 6.45) is 0.436. The van der Waals surface area contributed by atoms with E-state index in [1.54, 1.807) is 6.92 Å². The van der Waals surface area contributed by atoms with Gasteiger partial charge in [0.05, 0.1) is 11.5 Å². The Morgan fingerprint density at radius 2 is 2.04 bits per heavy atom. The van der Waals surface area contributed by atoms with Gasteiger partial charge in [-0.3, -0.25) is 4.79 Å². The fourth-order valence-electron chi connectivity index (χ4n) is 3.30. The van der Waals surface area contributed by atoms with E-state index in [2.05, 4.69) is 0 Å². The van der Waals surface area contributed by atoms with Crippen molar-refractivity contribution in [3.63, 3.8) is 0 Å². The average Bonchev–Trinajstić information content (AvgIpc) is 3.13. The summed E-state index contributed by atoms with van der Waals surface area (Å²) >= 11 is 1.34. The Balaban J connectivity index is 1.66. The molecule has 140 valence electrons. The minimum absolute atomic E-state index is 0.0179. The van der Waals surface area contributed by atoms with Crippen LogP contribution in [-0.4, -0.2) is 55.9 Å². The van der Waals surface area contributed by atoms with Crippen LogP contribution >= 0.6 is 11.3 Å². The number of ether oxygens (including phenoxy) is 1. The summed E-state index contributed by atoms with van der Waals surface area (Å²) < 4.78 is 29.5. The van der Waals surface area contributed by atoms with Gasteiger partial charge in [0.15, 0.2) is 16.4 Å². The summed E-state index contributed by atoms with van der Waals surface area (Å²) in [5.74, 6) is -0.799. The van der Waals surface area contributed by atoms with Crippen LogP contribution in [0.5, 0.6) is 0 Å². The number of carbonyl (C=O) groups is 2. The molecule has 0 radical (unpaired) electrons. The number of nitrogens with zero attached hydrogens (tertiary/aromatic N) is 1. The molecule has 2 aromatic rings. The Morgan fingerprint density at radius 3 is 2.65 bits per heavy atom. The van der Waals surface area contributed by atoms with E-state index >= 15 is 0 Å². The fraction of sp³-hybridized carbons (Fsp3) is 0.444.